The van der Waals surface area contributed by atoms with Crippen molar-refractivity contribution >= 4 is 16.8 Å². The summed E-state index contributed by atoms with van der Waals surface area (Å²) in [6.45, 7) is 6.17. The molecule has 1 aliphatic heterocycles. The molecule has 3 rings (SSSR count). The number of hydrogen-bond donors (Lipinski definition) is 1. The van der Waals surface area contributed by atoms with E-state index in [1.807, 2.05) is 24.0 Å². The van der Waals surface area contributed by atoms with Gasteiger partial charge < -0.3 is 14.6 Å². The van der Waals surface area contributed by atoms with Crippen molar-refractivity contribution in [1.82, 2.24) is 9.47 Å². The predicted octanol–water partition coefficient (Wildman–Crippen LogP) is 2.57. The molecule has 1 saturated heterocycles. The number of piperidine rings is 1. The van der Waals surface area contributed by atoms with Crippen molar-refractivity contribution in [3.63, 3.8) is 0 Å². The van der Waals surface area contributed by atoms with Crippen molar-refractivity contribution in [2.24, 2.45) is 0 Å². The number of para-hydroxylation sites is 1. The third-order valence-electron chi connectivity index (χ3n) is 4.49. The number of aromatic nitrogens is 1. The van der Waals surface area contributed by atoms with Crippen LogP contribution in [0.15, 0.2) is 24.3 Å². The summed E-state index contributed by atoms with van der Waals surface area (Å²) >= 11 is 0. The smallest absolute Gasteiger partial charge is 0.270 e. The Kier molecular flexibility index (Phi) is 3.72. The molecule has 4 heteroatoms. The van der Waals surface area contributed by atoms with Gasteiger partial charge in [-0.1, -0.05) is 18.2 Å². The Labute approximate surface area is 125 Å². The first-order chi connectivity index (χ1) is 10.1. The average Bonchev–Trinajstić information content (AvgIpc) is 2.80. The SMILES string of the molecule is CCn1c(C(=O)N2CCC(O)CC2)c(C)c2ccccc21. The van der Waals surface area contributed by atoms with Gasteiger partial charge in [-0.05, 0) is 38.3 Å². The number of carbonyl (C=O) groups excluding carboxylic acids is 1. The van der Waals surface area contributed by atoms with Crippen LogP contribution in [0.3, 0.4) is 0 Å². The zero-order valence-electron chi connectivity index (χ0n) is 12.7. The minimum atomic E-state index is -0.257. The van der Waals surface area contributed by atoms with Gasteiger partial charge in [-0.25, -0.2) is 0 Å². The predicted molar refractivity (Wildman–Crippen MR) is 83.5 cm³/mol. The first-order valence-electron chi connectivity index (χ1n) is 7.68. The molecule has 0 atom stereocenters. The molecule has 1 fully saturated rings. The fourth-order valence-corrected chi connectivity index (χ4v) is 3.30. The molecule has 1 aromatic heterocycles. The second-order valence-electron chi connectivity index (χ2n) is 5.76. The molecule has 0 aliphatic carbocycles. The van der Waals surface area contributed by atoms with E-state index < -0.39 is 0 Å². The van der Waals surface area contributed by atoms with Gasteiger partial charge in [-0.2, -0.15) is 0 Å². The Bertz CT molecular complexity index is 667. The molecule has 0 saturated carbocycles. The number of amides is 1. The summed E-state index contributed by atoms with van der Waals surface area (Å²) in [6, 6.07) is 8.18. The second kappa shape index (κ2) is 5.53. The lowest BCUT2D eigenvalue weighted by Gasteiger charge is -2.30. The molecule has 0 bridgehead atoms. The summed E-state index contributed by atoms with van der Waals surface area (Å²) in [4.78, 5) is 14.8. The van der Waals surface area contributed by atoms with Gasteiger partial charge in [0.2, 0.25) is 0 Å². The number of benzene rings is 1. The van der Waals surface area contributed by atoms with Crippen LogP contribution in [-0.4, -0.2) is 39.7 Å². The Balaban J connectivity index is 2.03. The summed E-state index contributed by atoms with van der Waals surface area (Å²) in [6.07, 6.45) is 1.10. The fourth-order valence-electron chi connectivity index (χ4n) is 3.30. The minimum Gasteiger partial charge on any atom is -0.393 e. The number of rotatable bonds is 2. The minimum absolute atomic E-state index is 0.0949. The number of aliphatic hydroxyl groups is 1. The molecule has 1 aromatic carbocycles. The lowest BCUT2D eigenvalue weighted by atomic mass is 10.1. The van der Waals surface area contributed by atoms with Crippen LogP contribution in [-0.2, 0) is 6.54 Å². The van der Waals surface area contributed by atoms with Crippen LogP contribution in [0, 0.1) is 6.92 Å². The van der Waals surface area contributed by atoms with Crippen molar-refractivity contribution in [2.45, 2.75) is 39.3 Å². The van der Waals surface area contributed by atoms with Crippen molar-refractivity contribution in [3.8, 4) is 0 Å². The largest absolute Gasteiger partial charge is 0.393 e. The third kappa shape index (κ3) is 2.33. The zero-order valence-corrected chi connectivity index (χ0v) is 12.7. The molecule has 2 heterocycles. The molecule has 1 aliphatic rings. The highest BCUT2D eigenvalue weighted by Crippen LogP contribution is 2.27. The van der Waals surface area contributed by atoms with Crippen molar-refractivity contribution in [2.75, 3.05) is 13.1 Å². The first-order valence-corrected chi connectivity index (χ1v) is 7.68. The lowest BCUT2D eigenvalue weighted by molar-refractivity contribution is 0.0537. The van der Waals surface area contributed by atoms with Crippen LogP contribution < -0.4 is 0 Å². The maximum Gasteiger partial charge on any atom is 0.270 e. The fraction of sp³-hybridized carbons (Fsp3) is 0.471. The standard InChI is InChI=1S/C17H22N2O2/c1-3-19-15-7-5-4-6-14(15)12(2)16(19)17(21)18-10-8-13(20)9-11-18/h4-7,13,20H,3,8-11H2,1-2H3. The lowest BCUT2D eigenvalue weighted by Crippen LogP contribution is -2.41. The summed E-state index contributed by atoms with van der Waals surface area (Å²) in [5.41, 5.74) is 2.98. The summed E-state index contributed by atoms with van der Waals surface area (Å²) in [5, 5.41) is 10.8. The molecule has 0 spiro atoms. The van der Waals surface area contributed by atoms with E-state index in [0.717, 1.165) is 28.7 Å². The Hall–Kier alpha value is -1.81. The van der Waals surface area contributed by atoms with E-state index in [4.69, 9.17) is 0 Å². The highest BCUT2D eigenvalue weighted by Gasteiger charge is 2.27. The summed E-state index contributed by atoms with van der Waals surface area (Å²) in [5.74, 6) is 0.0949. The topological polar surface area (TPSA) is 45.5 Å². The van der Waals surface area contributed by atoms with E-state index in [1.165, 1.54) is 0 Å². The van der Waals surface area contributed by atoms with E-state index in [0.29, 0.717) is 25.9 Å². The third-order valence-corrected chi connectivity index (χ3v) is 4.49. The summed E-state index contributed by atoms with van der Waals surface area (Å²) in [7, 11) is 0. The van der Waals surface area contributed by atoms with Crippen molar-refractivity contribution < 1.29 is 9.90 Å². The quantitative estimate of drug-likeness (QED) is 0.922. The normalized spacial score (nSPS) is 16.6. The van der Waals surface area contributed by atoms with Gasteiger partial charge in [-0.3, -0.25) is 4.79 Å². The second-order valence-corrected chi connectivity index (χ2v) is 5.76. The van der Waals surface area contributed by atoms with E-state index in [-0.39, 0.29) is 12.0 Å². The van der Waals surface area contributed by atoms with E-state index in [1.54, 1.807) is 0 Å². The van der Waals surface area contributed by atoms with Gasteiger partial charge in [-0.15, -0.1) is 0 Å². The molecular weight excluding hydrogens is 264 g/mol. The zero-order chi connectivity index (χ0) is 15.0. The monoisotopic (exact) mass is 286 g/mol. The molecule has 112 valence electrons. The van der Waals surface area contributed by atoms with Gasteiger partial charge >= 0.3 is 0 Å². The van der Waals surface area contributed by atoms with Crippen LogP contribution in [0.4, 0.5) is 0 Å². The van der Waals surface area contributed by atoms with E-state index >= 15 is 0 Å². The number of nitrogens with zero attached hydrogens (tertiary/aromatic N) is 2. The maximum atomic E-state index is 12.9. The van der Waals surface area contributed by atoms with Crippen LogP contribution in [0.2, 0.25) is 0 Å². The van der Waals surface area contributed by atoms with Crippen LogP contribution in [0.5, 0.6) is 0 Å². The van der Waals surface area contributed by atoms with Crippen LogP contribution in [0.25, 0.3) is 10.9 Å². The van der Waals surface area contributed by atoms with Gasteiger partial charge in [0.25, 0.3) is 5.91 Å². The Morgan fingerprint density at radius 1 is 1.29 bits per heavy atom. The van der Waals surface area contributed by atoms with E-state index in [9.17, 15) is 9.90 Å². The molecule has 0 unspecified atom stereocenters. The van der Waals surface area contributed by atoms with Crippen molar-refractivity contribution in [3.05, 3.63) is 35.5 Å². The number of aryl methyl sites for hydroxylation is 2. The summed E-state index contributed by atoms with van der Waals surface area (Å²) < 4.78 is 2.11. The molecule has 21 heavy (non-hydrogen) atoms. The molecule has 0 radical (unpaired) electrons. The number of carbonyl (C=O) groups is 1. The van der Waals surface area contributed by atoms with Crippen molar-refractivity contribution in [1.29, 1.82) is 0 Å². The number of aliphatic hydroxyl groups excluding tert-OH is 1. The average molecular weight is 286 g/mol. The van der Waals surface area contributed by atoms with Gasteiger partial charge in [0.15, 0.2) is 0 Å². The van der Waals surface area contributed by atoms with E-state index in [2.05, 4.69) is 23.6 Å². The Morgan fingerprint density at radius 3 is 2.62 bits per heavy atom. The van der Waals surface area contributed by atoms with Gasteiger partial charge in [0.1, 0.15) is 5.69 Å². The molecule has 2 aromatic rings. The van der Waals surface area contributed by atoms with Crippen LogP contribution in [0.1, 0.15) is 35.8 Å². The number of likely N-dealkylation sites (tertiary alicyclic amines) is 1. The highest BCUT2D eigenvalue weighted by atomic mass is 16.3. The van der Waals surface area contributed by atoms with Gasteiger partial charge in [0, 0.05) is 30.5 Å². The maximum absolute atomic E-state index is 12.9. The molecule has 4 nitrogen and oxygen atoms in total. The van der Waals surface area contributed by atoms with Gasteiger partial charge in [0.05, 0.1) is 6.10 Å². The molecule has 1 N–H and O–H groups in total. The highest BCUT2D eigenvalue weighted by molar-refractivity contribution is 6.01. The molecular formula is C17H22N2O2. The molecule has 1 amide bonds. The Morgan fingerprint density at radius 2 is 1.95 bits per heavy atom. The number of fused-ring (bicyclic) bond motifs is 1. The first kappa shape index (κ1) is 14.1. The van der Waals surface area contributed by atoms with Crippen LogP contribution >= 0.6 is 0 Å². The number of hydrogen-bond acceptors (Lipinski definition) is 2.